The highest BCUT2D eigenvalue weighted by atomic mass is 32.1. The molecule has 0 saturated heterocycles. The van der Waals surface area contributed by atoms with Gasteiger partial charge >= 0.3 is 5.97 Å². The van der Waals surface area contributed by atoms with E-state index >= 15 is 0 Å². The molecule has 1 heterocycles. The fraction of sp³-hybridized carbons (Fsp3) is 0.278. The molecule has 1 amide bonds. The Kier molecular flexibility index (Phi) is 5.93. The Bertz CT molecular complexity index is 811. The number of aromatic carboxylic acids is 1. The predicted octanol–water partition coefficient (Wildman–Crippen LogP) is 3.81. The van der Waals surface area contributed by atoms with Crippen LogP contribution >= 0.6 is 12.2 Å². The standard InChI is InChI=1S/C18H20N2O4S/c1-10(2)9-16(21)20-18(25)19-13-6-4-5-12(11(13)3)14-7-8-15(24-14)17(22)23/h4-8,10H,9H2,1-3H3,(H,22,23)(H2,19,20,21,25). The Hall–Kier alpha value is -2.67. The minimum atomic E-state index is -1.12. The number of thiocarbonyl (C=S) groups is 1. The Morgan fingerprint density at radius 1 is 1.24 bits per heavy atom. The van der Waals surface area contributed by atoms with E-state index < -0.39 is 5.97 Å². The molecule has 0 bridgehead atoms. The van der Waals surface area contributed by atoms with E-state index in [1.54, 1.807) is 12.1 Å². The van der Waals surface area contributed by atoms with Gasteiger partial charge in [-0.3, -0.25) is 4.79 Å². The van der Waals surface area contributed by atoms with Crippen LogP contribution in [0.15, 0.2) is 34.7 Å². The van der Waals surface area contributed by atoms with Crippen molar-refractivity contribution >= 4 is 34.9 Å². The monoisotopic (exact) mass is 360 g/mol. The van der Waals surface area contributed by atoms with Crippen molar-refractivity contribution in [1.29, 1.82) is 0 Å². The van der Waals surface area contributed by atoms with Gasteiger partial charge in [0.05, 0.1) is 0 Å². The first-order chi connectivity index (χ1) is 11.8. The maximum atomic E-state index is 11.8. The Labute approximate surface area is 151 Å². The normalized spacial score (nSPS) is 10.6. The third kappa shape index (κ3) is 4.90. The van der Waals surface area contributed by atoms with Crippen molar-refractivity contribution in [3.05, 3.63) is 41.7 Å². The highest BCUT2D eigenvalue weighted by Crippen LogP contribution is 2.30. The zero-order valence-corrected chi connectivity index (χ0v) is 15.1. The highest BCUT2D eigenvalue weighted by molar-refractivity contribution is 7.80. The molecule has 0 radical (unpaired) electrons. The number of nitrogens with one attached hydrogen (secondary N) is 2. The smallest absolute Gasteiger partial charge is 0.371 e. The van der Waals surface area contributed by atoms with E-state index in [0.29, 0.717) is 17.9 Å². The third-order valence-corrected chi connectivity index (χ3v) is 3.71. The second-order valence-electron chi connectivity index (χ2n) is 6.05. The van der Waals surface area contributed by atoms with Gasteiger partial charge in [0, 0.05) is 17.7 Å². The SMILES string of the molecule is Cc1c(NC(=S)NC(=O)CC(C)C)cccc1-c1ccc(C(=O)O)o1. The number of benzene rings is 1. The number of hydrogen-bond acceptors (Lipinski definition) is 4. The van der Waals surface area contributed by atoms with Gasteiger partial charge in [-0.05, 0) is 48.8 Å². The van der Waals surface area contributed by atoms with E-state index in [-0.39, 0.29) is 22.7 Å². The summed E-state index contributed by atoms with van der Waals surface area (Å²) < 4.78 is 5.35. The first kappa shape index (κ1) is 18.7. The summed E-state index contributed by atoms with van der Waals surface area (Å²) in [5.74, 6) is -0.682. The lowest BCUT2D eigenvalue weighted by Gasteiger charge is -2.14. The number of carboxylic acids is 1. The zero-order valence-electron chi connectivity index (χ0n) is 14.3. The summed E-state index contributed by atoms with van der Waals surface area (Å²) in [5.41, 5.74) is 2.28. The van der Waals surface area contributed by atoms with Crippen molar-refractivity contribution in [1.82, 2.24) is 5.32 Å². The van der Waals surface area contributed by atoms with Gasteiger partial charge in [-0.1, -0.05) is 26.0 Å². The number of anilines is 1. The molecule has 7 heteroatoms. The maximum absolute atomic E-state index is 11.8. The molecule has 0 fully saturated rings. The largest absolute Gasteiger partial charge is 0.475 e. The first-order valence-electron chi connectivity index (χ1n) is 7.82. The van der Waals surface area contributed by atoms with Gasteiger partial charge in [0.15, 0.2) is 5.11 Å². The average molecular weight is 360 g/mol. The van der Waals surface area contributed by atoms with Crippen LogP contribution < -0.4 is 10.6 Å². The van der Waals surface area contributed by atoms with Crippen molar-refractivity contribution in [2.45, 2.75) is 27.2 Å². The second kappa shape index (κ2) is 7.94. The van der Waals surface area contributed by atoms with Crippen molar-refractivity contribution in [3.8, 4) is 11.3 Å². The zero-order chi connectivity index (χ0) is 18.6. The topological polar surface area (TPSA) is 91.6 Å². The van der Waals surface area contributed by atoms with Crippen molar-refractivity contribution in [3.63, 3.8) is 0 Å². The minimum absolute atomic E-state index is 0.121. The predicted molar refractivity (Wildman–Crippen MR) is 99.7 cm³/mol. The van der Waals surface area contributed by atoms with Crippen LogP contribution in [0, 0.1) is 12.8 Å². The van der Waals surface area contributed by atoms with Crippen LogP contribution in [0.2, 0.25) is 0 Å². The Morgan fingerprint density at radius 3 is 2.56 bits per heavy atom. The lowest BCUT2D eigenvalue weighted by Crippen LogP contribution is -2.34. The summed E-state index contributed by atoms with van der Waals surface area (Å²) >= 11 is 5.18. The molecule has 0 saturated carbocycles. The molecule has 2 aromatic rings. The fourth-order valence-corrected chi connectivity index (χ4v) is 2.56. The van der Waals surface area contributed by atoms with Crippen LogP contribution in [0.5, 0.6) is 0 Å². The number of carbonyl (C=O) groups excluding carboxylic acids is 1. The van der Waals surface area contributed by atoms with E-state index in [0.717, 1.165) is 11.1 Å². The number of furan rings is 1. The molecular weight excluding hydrogens is 340 g/mol. The maximum Gasteiger partial charge on any atom is 0.371 e. The van der Waals surface area contributed by atoms with Gasteiger partial charge in [0.25, 0.3) is 0 Å². The molecule has 0 atom stereocenters. The quantitative estimate of drug-likeness (QED) is 0.702. The molecule has 132 valence electrons. The Balaban J connectivity index is 2.16. The third-order valence-electron chi connectivity index (χ3n) is 3.51. The van der Waals surface area contributed by atoms with Crippen LogP contribution in [0.3, 0.4) is 0 Å². The summed E-state index contributed by atoms with van der Waals surface area (Å²) in [6.07, 6.45) is 0.394. The van der Waals surface area contributed by atoms with Gasteiger partial charge in [0.1, 0.15) is 5.76 Å². The van der Waals surface area contributed by atoms with Gasteiger partial charge < -0.3 is 20.2 Å². The number of hydrogen-bond donors (Lipinski definition) is 3. The van der Waals surface area contributed by atoms with E-state index in [1.807, 2.05) is 32.9 Å². The molecule has 0 spiro atoms. The van der Waals surface area contributed by atoms with Crippen molar-refractivity contribution < 1.29 is 19.1 Å². The molecule has 0 aliphatic heterocycles. The van der Waals surface area contributed by atoms with Crippen LogP contribution in [0.1, 0.15) is 36.4 Å². The second-order valence-corrected chi connectivity index (χ2v) is 6.46. The molecular formula is C18H20N2O4S. The van der Waals surface area contributed by atoms with Crippen LogP contribution in [-0.4, -0.2) is 22.1 Å². The lowest BCUT2D eigenvalue weighted by molar-refractivity contribution is -0.120. The number of carbonyl (C=O) groups is 2. The van der Waals surface area contributed by atoms with Gasteiger partial charge in [-0.2, -0.15) is 0 Å². The lowest BCUT2D eigenvalue weighted by atomic mass is 10.0. The van der Waals surface area contributed by atoms with E-state index in [9.17, 15) is 9.59 Å². The summed E-state index contributed by atoms with van der Waals surface area (Å²) in [7, 11) is 0. The van der Waals surface area contributed by atoms with E-state index in [2.05, 4.69) is 10.6 Å². The minimum Gasteiger partial charge on any atom is -0.475 e. The van der Waals surface area contributed by atoms with Crippen molar-refractivity contribution in [2.24, 2.45) is 5.92 Å². The number of amides is 1. The number of carboxylic acid groups (broad SMARTS) is 1. The molecule has 0 unspecified atom stereocenters. The highest BCUT2D eigenvalue weighted by Gasteiger charge is 2.14. The first-order valence-corrected chi connectivity index (χ1v) is 8.22. The van der Waals surface area contributed by atoms with E-state index in [1.165, 1.54) is 6.07 Å². The molecule has 6 nitrogen and oxygen atoms in total. The van der Waals surface area contributed by atoms with Crippen LogP contribution in [0.25, 0.3) is 11.3 Å². The van der Waals surface area contributed by atoms with E-state index in [4.69, 9.17) is 21.7 Å². The van der Waals surface area contributed by atoms with Gasteiger partial charge in [-0.15, -0.1) is 0 Å². The summed E-state index contributed by atoms with van der Waals surface area (Å²) in [6.45, 7) is 5.77. The molecule has 1 aromatic heterocycles. The van der Waals surface area contributed by atoms with Crippen LogP contribution in [0.4, 0.5) is 5.69 Å². The van der Waals surface area contributed by atoms with Crippen LogP contribution in [-0.2, 0) is 4.79 Å². The fourth-order valence-electron chi connectivity index (χ4n) is 2.34. The molecule has 25 heavy (non-hydrogen) atoms. The van der Waals surface area contributed by atoms with Gasteiger partial charge in [0.2, 0.25) is 11.7 Å². The average Bonchev–Trinajstić information content (AvgIpc) is 2.98. The van der Waals surface area contributed by atoms with Crippen molar-refractivity contribution in [2.75, 3.05) is 5.32 Å². The Morgan fingerprint density at radius 2 is 1.96 bits per heavy atom. The molecule has 0 aliphatic carbocycles. The molecule has 0 aliphatic rings. The summed E-state index contributed by atoms with van der Waals surface area (Å²) in [5, 5.41) is 14.8. The summed E-state index contributed by atoms with van der Waals surface area (Å²) in [6, 6.07) is 8.46. The summed E-state index contributed by atoms with van der Waals surface area (Å²) in [4.78, 5) is 22.7. The molecule has 1 aromatic carbocycles. The number of rotatable bonds is 5. The molecule has 3 N–H and O–H groups in total. The van der Waals surface area contributed by atoms with Gasteiger partial charge in [-0.25, -0.2) is 4.79 Å². The molecule has 2 rings (SSSR count).